The molecule has 208 valence electrons. The molecule has 14 heteroatoms. The van der Waals surface area contributed by atoms with Crippen molar-refractivity contribution in [2.45, 2.75) is 62.7 Å². The highest BCUT2D eigenvalue weighted by Crippen LogP contribution is 2.09. The van der Waals surface area contributed by atoms with Gasteiger partial charge in [0.2, 0.25) is 17.7 Å². The van der Waals surface area contributed by atoms with Crippen molar-refractivity contribution in [2.75, 3.05) is 13.1 Å². The predicted octanol–water partition coefficient (Wildman–Crippen LogP) is -1.95. The van der Waals surface area contributed by atoms with Gasteiger partial charge >= 0.3 is 11.9 Å². The molecule has 1 aromatic rings. The summed E-state index contributed by atoms with van der Waals surface area (Å²) in [5, 5.41) is 29.2. The molecule has 0 aromatic heterocycles. The van der Waals surface area contributed by atoms with Crippen LogP contribution in [0.25, 0.3) is 0 Å². The minimum absolute atomic E-state index is 0.0351. The SMILES string of the molecule is NC(N)=NCCCC(NC(=O)C(CC(=O)O)NC(=O)C(Cc1ccccc1)NC(=O)C1CCCN1)C(=O)O. The third kappa shape index (κ3) is 10.4. The van der Waals surface area contributed by atoms with Gasteiger partial charge in [0.05, 0.1) is 12.5 Å². The minimum atomic E-state index is -1.58. The van der Waals surface area contributed by atoms with Crippen molar-refractivity contribution in [3.8, 4) is 0 Å². The summed E-state index contributed by atoms with van der Waals surface area (Å²) in [6.45, 7) is 0.805. The lowest BCUT2D eigenvalue weighted by Gasteiger charge is -2.24. The van der Waals surface area contributed by atoms with Gasteiger partial charge in [-0.3, -0.25) is 24.2 Å². The van der Waals surface area contributed by atoms with Crippen molar-refractivity contribution < 1.29 is 34.2 Å². The molecule has 10 N–H and O–H groups in total. The molecular formula is C24H35N7O7. The summed E-state index contributed by atoms with van der Waals surface area (Å²) in [5.41, 5.74) is 11.2. The number of carbonyl (C=O) groups excluding carboxylic acids is 3. The second kappa shape index (κ2) is 15.1. The zero-order chi connectivity index (χ0) is 28.1. The normalized spacial score (nSPS) is 16.9. The standard InChI is InChI=1S/C24H35N7O7/c25-24(26)28-11-5-9-16(23(37)38)29-22(36)18(13-19(32)33)31-21(35)17(12-14-6-2-1-3-7-14)30-20(34)15-8-4-10-27-15/h1-3,6-7,15-18,27H,4-5,8-13H2,(H,29,36)(H,30,34)(H,31,35)(H,32,33)(H,37,38)(H4,25,26,28). The summed E-state index contributed by atoms with van der Waals surface area (Å²) in [7, 11) is 0. The second-order valence-electron chi connectivity index (χ2n) is 8.91. The molecule has 1 aliphatic rings. The number of hydrogen-bond acceptors (Lipinski definition) is 7. The summed E-state index contributed by atoms with van der Waals surface area (Å²) >= 11 is 0. The Balaban J connectivity index is 2.14. The summed E-state index contributed by atoms with van der Waals surface area (Å²) in [4.78, 5) is 65.6. The van der Waals surface area contributed by atoms with Gasteiger partial charge in [-0.05, 0) is 37.8 Å². The lowest BCUT2D eigenvalue weighted by atomic mass is 10.0. The van der Waals surface area contributed by atoms with Gasteiger partial charge in [0.25, 0.3) is 0 Å². The highest BCUT2D eigenvalue weighted by atomic mass is 16.4. The van der Waals surface area contributed by atoms with E-state index in [0.29, 0.717) is 13.0 Å². The van der Waals surface area contributed by atoms with Gasteiger partial charge in [-0.1, -0.05) is 30.3 Å². The number of guanidine groups is 1. The van der Waals surface area contributed by atoms with Gasteiger partial charge in [-0.25, -0.2) is 4.79 Å². The van der Waals surface area contributed by atoms with Crippen LogP contribution in [0.2, 0.25) is 0 Å². The molecule has 38 heavy (non-hydrogen) atoms. The van der Waals surface area contributed by atoms with Crippen molar-refractivity contribution in [1.82, 2.24) is 21.3 Å². The number of nitrogens with two attached hydrogens (primary N) is 2. The summed E-state index contributed by atoms with van der Waals surface area (Å²) in [6.07, 6.45) is 0.905. The van der Waals surface area contributed by atoms with Gasteiger partial charge in [-0.15, -0.1) is 0 Å². The molecule has 1 fully saturated rings. The van der Waals surface area contributed by atoms with Gasteiger partial charge in [-0.2, -0.15) is 0 Å². The van der Waals surface area contributed by atoms with Crippen molar-refractivity contribution in [3.05, 3.63) is 35.9 Å². The smallest absolute Gasteiger partial charge is 0.326 e. The van der Waals surface area contributed by atoms with Crippen LogP contribution in [0.4, 0.5) is 0 Å². The average molecular weight is 534 g/mol. The molecular weight excluding hydrogens is 498 g/mol. The van der Waals surface area contributed by atoms with E-state index in [2.05, 4.69) is 26.3 Å². The molecule has 3 amide bonds. The minimum Gasteiger partial charge on any atom is -0.481 e. The Morgan fingerprint density at radius 2 is 1.63 bits per heavy atom. The Kier molecular flexibility index (Phi) is 12.0. The fourth-order valence-electron chi connectivity index (χ4n) is 3.93. The van der Waals surface area contributed by atoms with Crippen molar-refractivity contribution in [2.24, 2.45) is 16.5 Å². The third-order valence-corrected chi connectivity index (χ3v) is 5.86. The Morgan fingerprint density at radius 1 is 0.974 bits per heavy atom. The molecule has 4 atom stereocenters. The number of carboxylic acid groups (broad SMARTS) is 2. The summed E-state index contributed by atoms with van der Waals surface area (Å²) in [6, 6.07) is 4.35. The fourth-order valence-corrected chi connectivity index (χ4v) is 3.93. The van der Waals surface area contributed by atoms with E-state index < -0.39 is 54.3 Å². The van der Waals surface area contributed by atoms with Crippen molar-refractivity contribution in [1.29, 1.82) is 0 Å². The lowest BCUT2D eigenvalue weighted by Crippen LogP contribution is -2.58. The van der Waals surface area contributed by atoms with Crippen LogP contribution in [0.15, 0.2) is 35.3 Å². The first-order valence-electron chi connectivity index (χ1n) is 12.2. The van der Waals surface area contributed by atoms with E-state index in [1.54, 1.807) is 30.3 Å². The Hall–Kier alpha value is -4.20. The molecule has 1 aliphatic heterocycles. The Bertz CT molecular complexity index is 1010. The van der Waals surface area contributed by atoms with Crippen LogP contribution in [0, 0.1) is 0 Å². The largest absolute Gasteiger partial charge is 0.481 e. The summed E-state index contributed by atoms with van der Waals surface area (Å²) in [5.74, 6) is -5.04. The zero-order valence-electron chi connectivity index (χ0n) is 20.9. The van der Waals surface area contributed by atoms with Crippen LogP contribution < -0.4 is 32.7 Å². The van der Waals surface area contributed by atoms with E-state index in [1.807, 2.05) is 0 Å². The summed E-state index contributed by atoms with van der Waals surface area (Å²) < 4.78 is 0. The average Bonchev–Trinajstić information content (AvgIpc) is 3.40. The molecule has 0 saturated carbocycles. The first-order chi connectivity index (χ1) is 18.1. The monoisotopic (exact) mass is 533 g/mol. The molecule has 1 aromatic carbocycles. The lowest BCUT2D eigenvalue weighted by molar-refractivity contribution is -0.143. The number of aliphatic carboxylic acids is 2. The maximum atomic E-state index is 13.2. The Morgan fingerprint density at radius 3 is 2.21 bits per heavy atom. The number of nitrogens with zero attached hydrogens (tertiary/aromatic N) is 1. The topological polar surface area (TPSA) is 238 Å². The quantitative estimate of drug-likeness (QED) is 0.0704. The number of hydrogen-bond donors (Lipinski definition) is 8. The molecule has 4 unspecified atom stereocenters. The van der Waals surface area contributed by atoms with E-state index in [4.69, 9.17) is 11.5 Å². The van der Waals surface area contributed by atoms with Crippen LogP contribution in [0.3, 0.4) is 0 Å². The number of benzene rings is 1. The molecule has 2 rings (SSSR count). The fraction of sp³-hybridized carbons (Fsp3) is 0.500. The Labute approximate surface area is 219 Å². The number of carbonyl (C=O) groups is 5. The molecule has 0 aliphatic carbocycles. The molecule has 0 bridgehead atoms. The van der Waals surface area contributed by atoms with Gasteiger partial charge in [0.15, 0.2) is 5.96 Å². The van der Waals surface area contributed by atoms with E-state index in [1.165, 1.54) is 0 Å². The van der Waals surface area contributed by atoms with Crippen molar-refractivity contribution >= 4 is 35.6 Å². The molecule has 1 heterocycles. The van der Waals surface area contributed by atoms with E-state index in [9.17, 15) is 34.2 Å². The van der Waals surface area contributed by atoms with Gasteiger partial charge in [0.1, 0.15) is 18.1 Å². The number of aliphatic imine (C=N–C) groups is 1. The first-order valence-corrected chi connectivity index (χ1v) is 12.2. The number of nitrogens with one attached hydrogen (secondary N) is 4. The van der Waals surface area contributed by atoms with Crippen LogP contribution in [-0.4, -0.2) is 83.1 Å². The number of carboxylic acids is 2. The molecule has 1 saturated heterocycles. The third-order valence-electron chi connectivity index (χ3n) is 5.86. The second-order valence-corrected chi connectivity index (χ2v) is 8.91. The van der Waals surface area contributed by atoms with Crippen LogP contribution in [0.1, 0.15) is 37.7 Å². The zero-order valence-corrected chi connectivity index (χ0v) is 20.9. The highest BCUT2D eigenvalue weighted by Gasteiger charge is 2.32. The van der Waals surface area contributed by atoms with Crippen LogP contribution in [-0.2, 0) is 30.4 Å². The van der Waals surface area contributed by atoms with Crippen molar-refractivity contribution in [3.63, 3.8) is 0 Å². The van der Waals surface area contributed by atoms with E-state index in [0.717, 1.165) is 12.0 Å². The van der Waals surface area contributed by atoms with E-state index >= 15 is 0 Å². The highest BCUT2D eigenvalue weighted by molar-refractivity contribution is 5.95. The van der Waals surface area contributed by atoms with Gasteiger partial charge in [0, 0.05) is 13.0 Å². The molecule has 0 radical (unpaired) electrons. The molecule has 14 nitrogen and oxygen atoms in total. The maximum absolute atomic E-state index is 13.2. The first kappa shape index (κ1) is 30.0. The maximum Gasteiger partial charge on any atom is 0.326 e. The number of amides is 3. The van der Waals surface area contributed by atoms with Crippen LogP contribution in [0.5, 0.6) is 0 Å². The number of rotatable bonds is 15. The van der Waals surface area contributed by atoms with Crippen LogP contribution >= 0.6 is 0 Å². The van der Waals surface area contributed by atoms with E-state index in [-0.39, 0.29) is 37.7 Å². The van der Waals surface area contributed by atoms with Gasteiger partial charge < -0.3 is 42.9 Å². The predicted molar refractivity (Wildman–Crippen MR) is 137 cm³/mol. The molecule has 0 spiro atoms.